The summed E-state index contributed by atoms with van der Waals surface area (Å²) in [5.74, 6) is 1.03. The maximum absolute atomic E-state index is 12.6. The summed E-state index contributed by atoms with van der Waals surface area (Å²) < 4.78 is 12.3. The Kier molecular flexibility index (Phi) is 5.39. The zero-order chi connectivity index (χ0) is 18.5. The van der Waals surface area contributed by atoms with Gasteiger partial charge in [-0.15, -0.1) is 0 Å². The van der Waals surface area contributed by atoms with Crippen LogP contribution in [0.1, 0.15) is 5.56 Å². The van der Waals surface area contributed by atoms with E-state index in [1.54, 1.807) is 35.0 Å². The summed E-state index contributed by atoms with van der Waals surface area (Å²) in [6.45, 7) is 2.13. The molecule has 0 aliphatic rings. The lowest BCUT2D eigenvalue weighted by atomic mass is 10.1. The van der Waals surface area contributed by atoms with Crippen molar-refractivity contribution in [3.05, 3.63) is 76.7 Å². The fourth-order valence-electron chi connectivity index (χ4n) is 2.70. The molecule has 134 valence electrons. The Balaban J connectivity index is 1.94. The van der Waals surface area contributed by atoms with Crippen molar-refractivity contribution < 1.29 is 14.6 Å². The predicted molar refractivity (Wildman–Crippen MR) is 101 cm³/mol. The van der Waals surface area contributed by atoms with Gasteiger partial charge in [0.15, 0.2) is 11.5 Å². The molecule has 0 radical (unpaired) electrons. The number of pyridine rings is 1. The summed E-state index contributed by atoms with van der Waals surface area (Å²) in [6, 6.07) is 16.8. The van der Waals surface area contributed by atoms with Crippen LogP contribution in [0.15, 0.2) is 65.6 Å². The van der Waals surface area contributed by atoms with Crippen molar-refractivity contribution >= 4 is 0 Å². The van der Waals surface area contributed by atoms with E-state index in [1.165, 1.54) is 12.7 Å². The zero-order valence-corrected chi connectivity index (χ0v) is 14.8. The van der Waals surface area contributed by atoms with Gasteiger partial charge >= 0.3 is 0 Å². The first-order chi connectivity index (χ1) is 12.6. The number of aryl methyl sites for hydroxylation is 1. The lowest BCUT2D eigenvalue weighted by Gasteiger charge is -2.13. The normalized spacial score (nSPS) is 10.6. The van der Waals surface area contributed by atoms with E-state index in [2.05, 4.69) is 0 Å². The van der Waals surface area contributed by atoms with Gasteiger partial charge < -0.3 is 14.6 Å². The highest BCUT2D eigenvalue weighted by Crippen LogP contribution is 2.29. The van der Waals surface area contributed by atoms with Crippen molar-refractivity contribution in [1.29, 1.82) is 0 Å². The number of rotatable bonds is 6. The molecule has 0 saturated heterocycles. The third-order valence-corrected chi connectivity index (χ3v) is 4.08. The molecule has 5 nitrogen and oxygen atoms in total. The molecule has 0 unspecified atom stereocenters. The van der Waals surface area contributed by atoms with E-state index in [0.717, 1.165) is 11.1 Å². The summed E-state index contributed by atoms with van der Waals surface area (Å²) >= 11 is 0. The first-order valence-electron chi connectivity index (χ1n) is 8.34. The number of aliphatic hydroxyl groups is 1. The summed E-state index contributed by atoms with van der Waals surface area (Å²) in [6.07, 6.45) is 1.75. The number of hydrogen-bond acceptors (Lipinski definition) is 4. The van der Waals surface area contributed by atoms with Gasteiger partial charge in [0.25, 0.3) is 5.56 Å². The summed E-state index contributed by atoms with van der Waals surface area (Å²) in [7, 11) is 1.54. The standard InChI is InChI=1S/C21H21NO4/c1-15-3-5-16(6-4-15)17-9-10-22(21(24)13-17)18-7-8-19(26-12-11-23)20(14-18)25-2/h3-10,13-14,23H,11-12H2,1-2H3. The molecule has 0 aliphatic carbocycles. The van der Waals surface area contributed by atoms with E-state index in [4.69, 9.17) is 14.6 Å². The van der Waals surface area contributed by atoms with Crippen molar-refractivity contribution in [1.82, 2.24) is 4.57 Å². The van der Waals surface area contributed by atoms with E-state index in [0.29, 0.717) is 17.2 Å². The minimum absolute atomic E-state index is 0.0785. The van der Waals surface area contributed by atoms with Crippen LogP contribution >= 0.6 is 0 Å². The van der Waals surface area contributed by atoms with Crippen molar-refractivity contribution in [2.45, 2.75) is 6.92 Å². The average Bonchev–Trinajstić information content (AvgIpc) is 2.67. The van der Waals surface area contributed by atoms with Crippen LogP contribution in [0.5, 0.6) is 11.5 Å². The lowest BCUT2D eigenvalue weighted by Crippen LogP contribution is -2.16. The van der Waals surface area contributed by atoms with Gasteiger partial charge in [-0.1, -0.05) is 29.8 Å². The fraction of sp³-hybridized carbons (Fsp3) is 0.190. The molecule has 3 aromatic rings. The number of hydrogen-bond donors (Lipinski definition) is 1. The monoisotopic (exact) mass is 351 g/mol. The predicted octanol–water partition coefficient (Wildman–Crippen LogP) is 3.19. The molecule has 5 heteroatoms. The van der Waals surface area contributed by atoms with Crippen molar-refractivity contribution in [2.24, 2.45) is 0 Å². The maximum Gasteiger partial charge on any atom is 0.255 e. The molecular formula is C21H21NO4. The van der Waals surface area contributed by atoms with Crippen molar-refractivity contribution in [3.63, 3.8) is 0 Å². The van der Waals surface area contributed by atoms with E-state index >= 15 is 0 Å². The Morgan fingerprint density at radius 1 is 0.962 bits per heavy atom. The van der Waals surface area contributed by atoms with E-state index < -0.39 is 0 Å². The van der Waals surface area contributed by atoms with Gasteiger partial charge in [-0.3, -0.25) is 9.36 Å². The van der Waals surface area contributed by atoms with Crippen LogP contribution in [0, 0.1) is 6.92 Å². The highest BCUT2D eigenvalue weighted by atomic mass is 16.5. The molecule has 2 aromatic carbocycles. The van der Waals surface area contributed by atoms with Gasteiger partial charge in [0.1, 0.15) is 6.61 Å². The number of methoxy groups -OCH3 is 1. The van der Waals surface area contributed by atoms with Crippen LogP contribution in [-0.4, -0.2) is 30.0 Å². The summed E-state index contributed by atoms with van der Waals surface area (Å²) in [4.78, 5) is 12.6. The van der Waals surface area contributed by atoms with Crippen LogP contribution in [0.4, 0.5) is 0 Å². The maximum atomic E-state index is 12.6. The molecule has 3 rings (SSSR count). The topological polar surface area (TPSA) is 60.7 Å². The second-order valence-corrected chi connectivity index (χ2v) is 5.90. The van der Waals surface area contributed by atoms with Crippen LogP contribution in [0.3, 0.4) is 0 Å². The summed E-state index contributed by atoms with van der Waals surface area (Å²) in [5, 5.41) is 8.88. The van der Waals surface area contributed by atoms with Crippen LogP contribution in [0.2, 0.25) is 0 Å². The van der Waals surface area contributed by atoms with Crippen molar-refractivity contribution in [3.8, 4) is 28.3 Å². The Labute approximate surface area is 152 Å². The number of aliphatic hydroxyl groups excluding tert-OH is 1. The largest absolute Gasteiger partial charge is 0.493 e. The summed E-state index contributed by atoms with van der Waals surface area (Å²) in [5.41, 5.74) is 3.61. The first-order valence-corrected chi connectivity index (χ1v) is 8.34. The minimum Gasteiger partial charge on any atom is -0.493 e. The van der Waals surface area contributed by atoms with Crippen LogP contribution in [0.25, 0.3) is 16.8 Å². The molecule has 0 atom stereocenters. The molecule has 1 aromatic heterocycles. The second-order valence-electron chi connectivity index (χ2n) is 5.90. The molecule has 0 fully saturated rings. The quantitative estimate of drug-likeness (QED) is 0.741. The highest BCUT2D eigenvalue weighted by Gasteiger charge is 2.09. The van der Waals surface area contributed by atoms with Gasteiger partial charge in [-0.25, -0.2) is 0 Å². The van der Waals surface area contributed by atoms with E-state index in [9.17, 15) is 4.79 Å². The van der Waals surface area contributed by atoms with Crippen LogP contribution < -0.4 is 15.0 Å². The molecule has 26 heavy (non-hydrogen) atoms. The molecule has 0 amide bonds. The SMILES string of the molecule is COc1cc(-n2ccc(-c3ccc(C)cc3)cc2=O)ccc1OCCO. The van der Waals surface area contributed by atoms with Gasteiger partial charge in [0.05, 0.1) is 19.4 Å². The molecule has 0 aliphatic heterocycles. The van der Waals surface area contributed by atoms with Gasteiger partial charge in [0.2, 0.25) is 0 Å². The Morgan fingerprint density at radius 2 is 1.73 bits per heavy atom. The van der Waals surface area contributed by atoms with Crippen LogP contribution in [-0.2, 0) is 0 Å². The van der Waals surface area contributed by atoms with E-state index in [-0.39, 0.29) is 18.8 Å². The Morgan fingerprint density at radius 3 is 2.38 bits per heavy atom. The number of ether oxygens (including phenoxy) is 2. The zero-order valence-electron chi connectivity index (χ0n) is 14.8. The molecule has 0 bridgehead atoms. The number of benzene rings is 2. The highest BCUT2D eigenvalue weighted by molar-refractivity contribution is 5.63. The van der Waals surface area contributed by atoms with Gasteiger partial charge in [-0.2, -0.15) is 0 Å². The van der Waals surface area contributed by atoms with E-state index in [1.807, 2.05) is 37.3 Å². The number of aromatic nitrogens is 1. The molecule has 1 N–H and O–H groups in total. The average molecular weight is 351 g/mol. The molecular weight excluding hydrogens is 330 g/mol. The fourth-order valence-corrected chi connectivity index (χ4v) is 2.70. The molecule has 0 saturated carbocycles. The Bertz CT molecular complexity index is 945. The smallest absolute Gasteiger partial charge is 0.255 e. The third-order valence-electron chi connectivity index (χ3n) is 4.08. The Hall–Kier alpha value is -3.05. The van der Waals surface area contributed by atoms with Gasteiger partial charge in [0, 0.05) is 18.3 Å². The molecule has 0 spiro atoms. The molecule has 1 heterocycles. The third kappa shape index (κ3) is 3.78. The van der Waals surface area contributed by atoms with Crippen molar-refractivity contribution in [2.75, 3.05) is 20.3 Å². The lowest BCUT2D eigenvalue weighted by molar-refractivity contribution is 0.196. The number of nitrogens with zero attached hydrogens (tertiary/aromatic N) is 1. The van der Waals surface area contributed by atoms with Gasteiger partial charge in [-0.05, 0) is 36.2 Å². The first kappa shape index (κ1) is 17.8. The second kappa shape index (κ2) is 7.89. The minimum atomic E-state index is -0.130.